The fourth-order valence-corrected chi connectivity index (χ4v) is 2.58. The molecule has 0 amide bonds. The lowest BCUT2D eigenvalue weighted by molar-refractivity contribution is 0.617. The van der Waals surface area contributed by atoms with Crippen molar-refractivity contribution in [1.82, 2.24) is 9.55 Å². The van der Waals surface area contributed by atoms with Gasteiger partial charge in [-0.3, -0.25) is 4.57 Å². The standard InChI is InChI=1S/C14H10F2IN3/c1-7-4-8(2-3-9(7)15)20-13-5-10(16)11(17)6-12(13)19-14(20)18/h2-6H,1H3,(H2,18,19). The average Bonchev–Trinajstić information content (AvgIpc) is 2.69. The highest BCUT2D eigenvalue weighted by molar-refractivity contribution is 14.1. The predicted molar refractivity (Wildman–Crippen MR) is 82.9 cm³/mol. The normalized spacial score (nSPS) is 11.2. The van der Waals surface area contributed by atoms with E-state index in [0.29, 0.717) is 25.9 Å². The summed E-state index contributed by atoms with van der Waals surface area (Å²) in [6, 6.07) is 7.63. The van der Waals surface area contributed by atoms with Crippen LogP contribution < -0.4 is 5.73 Å². The SMILES string of the molecule is Cc1cc(-n2c(N)nc3cc(I)c(F)cc32)ccc1F. The highest BCUT2D eigenvalue weighted by Gasteiger charge is 2.13. The number of benzene rings is 2. The fraction of sp³-hybridized carbons (Fsp3) is 0.0714. The number of hydrogen-bond donors (Lipinski definition) is 1. The van der Waals surface area contributed by atoms with Gasteiger partial charge < -0.3 is 5.73 Å². The molecular formula is C14H10F2IN3. The van der Waals surface area contributed by atoms with E-state index in [9.17, 15) is 8.78 Å². The molecule has 2 aromatic carbocycles. The Hall–Kier alpha value is -1.70. The Labute approximate surface area is 127 Å². The van der Waals surface area contributed by atoms with Crippen molar-refractivity contribution >= 4 is 39.6 Å². The lowest BCUT2D eigenvalue weighted by Crippen LogP contribution is -2.01. The van der Waals surface area contributed by atoms with Gasteiger partial charge in [-0.25, -0.2) is 13.8 Å². The molecule has 0 atom stereocenters. The quantitative estimate of drug-likeness (QED) is 0.648. The Bertz CT molecular complexity index is 827. The Balaban J connectivity index is 2.32. The van der Waals surface area contributed by atoms with Crippen molar-refractivity contribution in [2.45, 2.75) is 6.92 Å². The number of aryl methyl sites for hydroxylation is 1. The van der Waals surface area contributed by atoms with Gasteiger partial charge in [-0.05, 0) is 59.3 Å². The molecule has 0 aliphatic heterocycles. The van der Waals surface area contributed by atoms with Crippen molar-refractivity contribution in [3.05, 3.63) is 51.1 Å². The number of nitrogens with two attached hydrogens (primary N) is 1. The Morgan fingerprint density at radius 1 is 1.15 bits per heavy atom. The monoisotopic (exact) mass is 385 g/mol. The van der Waals surface area contributed by atoms with E-state index in [1.807, 2.05) is 22.6 Å². The minimum Gasteiger partial charge on any atom is -0.369 e. The second-order valence-corrected chi connectivity index (χ2v) is 5.66. The van der Waals surface area contributed by atoms with Crippen molar-refractivity contribution in [3.63, 3.8) is 0 Å². The van der Waals surface area contributed by atoms with Gasteiger partial charge in [0.1, 0.15) is 11.6 Å². The summed E-state index contributed by atoms with van der Waals surface area (Å²) in [5.41, 5.74) is 8.23. The molecule has 0 saturated carbocycles. The van der Waals surface area contributed by atoms with Crippen LogP contribution in [0.3, 0.4) is 0 Å². The highest BCUT2D eigenvalue weighted by Crippen LogP contribution is 2.27. The van der Waals surface area contributed by atoms with E-state index >= 15 is 0 Å². The summed E-state index contributed by atoms with van der Waals surface area (Å²) in [6.07, 6.45) is 0. The van der Waals surface area contributed by atoms with Crippen LogP contribution in [0.25, 0.3) is 16.7 Å². The molecule has 0 aliphatic rings. The number of nitrogen functional groups attached to an aromatic ring is 1. The molecule has 1 aromatic heterocycles. The molecule has 3 nitrogen and oxygen atoms in total. The Morgan fingerprint density at radius 3 is 2.60 bits per heavy atom. The van der Waals surface area contributed by atoms with Gasteiger partial charge in [-0.15, -0.1) is 0 Å². The van der Waals surface area contributed by atoms with Crippen LogP contribution in [0.4, 0.5) is 14.7 Å². The summed E-state index contributed by atoms with van der Waals surface area (Å²) in [5, 5.41) is 0. The minimum absolute atomic E-state index is 0.243. The third kappa shape index (κ3) is 2.04. The van der Waals surface area contributed by atoms with Crippen molar-refractivity contribution in [3.8, 4) is 5.69 Å². The van der Waals surface area contributed by atoms with Crippen molar-refractivity contribution < 1.29 is 8.78 Å². The second-order valence-electron chi connectivity index (χ2n) is 4.49. The summed E-state index contributed by atoms with van der Waals surface area (Å²) in [6.45, 7) is 1.66. The highest BCUT2D eigenvalue weighted by atomic mass is 127. The summed E-state index contributed by atoms with van der Waals surface area (Å²) < 4.78 is 29.2. The molecule has 6 heteroatoms. The number of nitrogens with zero attached hydrogens (tertiary/aromatic N) is 2. The van der Waals surface area contributed by atoms with Gasteiger partial charge in [0.25, 0.3) is 0 Å². The maximum absolute atomic E-state index is 13.7. The molecule has 0 aliphatic carbocycles. The van der Waals surface area contributed by atoms with E-state index in [2.05, 4.69) is 4.98 Å². The lowest BCUT2D eigenvalue weighted by atomic mass is 10.2. The summed E-state index contributed by atoms with van der Waals surface area (Å²) in [4.78, 5) is 4.22. The number of halogens is 3. The summed E-state index contributed by atoms with van der Waals surface area (Å²) in [5.74, 6) is -0.386. The molecule has 0 bridgehead atoms. The van der Waals surface area contributed by atoms with Gasteiger partial charge in [0.05, 0.1) is 14.6 Å². The number of imidazole rings is 1. The molecule has 0 spiro atoms. The van der Waals surface area contributed by atoms with Crippen LogP contribution in [0.5, 0.6) is 0 Å². The topological polar surface area (TPSA) is 43.8 Å². The van der Waals surface area contributed by atoms with Crippen molar-refractivity contribution in [1.29, 1.82) is 0 Å². The van der Waals surface area contributed by atoms with E-state index in [1.54, 1.807) is 29.7 Å². The van der Waals surface area contributed by atoms with Gasteiger partial charge in [0.15, 0.2) is 0 Å². The molecule has 3 rings (SSSR count). The third-order valence-corrected chi connectivity index (χ3v) is 3.95. The number of rotatable bonds is 1. The predicted octanol–water partition coefficient (Wildman–Crippen LogP) is 3.80. The minimum atomic E-state index is -0.335. The van der Waals surface area contributed by atoms with Gasteiger partial charge in [0, 0.05) is 11.8 Å². The maximum atomic E-state index is 13.7. The molecule has 0 radical (unpaired) electrons. The molecule has 2 N–H and O–H groups in total. The van der Waals surface area contributed by atoms with Crippen molar-refractivity contribution in [2.75, 3.05) is 5.73 Å². The largest absolute Gasteiger partial charge is 0.369 e. The first kappa shape index (κ1) is 13.3. The molecule has 0 saturated heterocycles. The number of aromatic nitrogens is 2. The number of hydrogen-bond acceptors (Lipinski definition) is 2. The molecule has 102 valence electrons. The van der Waals surface area contributed by atoms with Crippen LogP contribution in [-0.4, -0.2) is 9.55 Å². The van der Waals surface area contributed by atoms with Gasteiger partial charge in [-0.2, -0.15) is 0 Å². The molecule has 20 heavy (non-hydrogen) atoms. The van der Waals surface area contributed by atoms with Gasteiger partial charge >= 0.3 is 0 Å². The smallest absolute Gasteiger partial charge is 0.205 e. The zero-order chi connectivity index (χ0) is 14.4. The van der Waals surface area contributed by atoms with Crippen LogP contribution in [-0.2, 0) is 0 Å². The van der Waals surface area contributed by atoms with E-state index < -0.39 is 0 Å². The first-order chi connectivity index (χ1) is 9.47. The summed E-state index contributed by atoms with van der Waals surface area (Å²) >= 11 is 1.90. The third-order valence-electron chi connectivity index (χ3n) is 3.12. The van der Waals surface area contributed by atoms with E-state index in [1.165, 1.54) is 12.1 Å². The second kappa shape index (κ2) is 4.69. The number of anilines is 1. The van der Waals surface area contributed by atoms with E-state index in [4.69, 9.17) is 5.73 Å². The van der Waals surface area contributed by atoms with E-state index in [0.717, 1.165) is 0 Å². The zero-order valence-corrected chi connectivity index (χ0v) is 12.6. The summed E-state index contributed by atoms with van der Waals surface area (Å²) in [7, 11) is 0. The molecule has 3 aromatic rings. The van der Waals surface area contributed by atoms with Gasteiger partial charge in [-0.1, -0.05) is 0 Å². The average molecular weight is 385 g/mol. The molecule has 1 heterocycles. The first-order valence-electron chi connectivity index (χ1n) is 5.87. The van der Waals surface area contributed by atoms with Crippen LogP contribution in [0.1, 0.15) is 5.56 Å². The molecular weight excluding hydrogens is 375 g/mol. The first-order valence-corrected chi connectivity index (χ1v) is 6.95. The lowest BCUT2D eigenvalue weighted by Gasteiger charge is -2.08. The fourth-order valence-electron chi connectivity index (χ4n) is 2.13. The van der Waals surface area contributed by atoms with Crippen molar-refractivity contribution in [2.24, 2.45) is 0 Å². The van der Waals surface area contributed by atoms with Gasteiger partial charge in [0.2, 0.25) is 5.95 Å². The Morgan fingerprint density at radius 2 is 1.90 bits per heavy atom. The van der Waals surface area contributed by atoms with Crippen LogP contribution >= 0.6 is 22.6 Å². The van der Waals surface area contributed by atoms with Crippen LogP contribution in [0, 0.1) is 22.1 Å². The molecule has 0 unspecified atom stereocenters. The van der Waals surface area contributed by atoms with E-state index in [-0.39, 0.29) is 17.6 Å². The molecule has 0 fully saturated rings. The van der Waals surface area contributed by atoms with Crippen LogP contribution in [0.2, 0.25) is 0 Å². The Kier molecular flexibility index (Phi) is 3.12. The zero-order valence-electron chi connectivity index (χ0n) is 10.5. The number of fused-ring (bicyclic) bond motifs is 1. The maximum Gasteiger partial charge on any atom is 0.205 e. The van der Waals surface area contributed by atoms with Crippen LogP contribution in [0.15, 0.2) is 30.3 Å².